The highest BCUT2D eigenvalue weighted by atomic mass is 35.5. The molecule has 1 N–H and O–H groups in total. The van der Waals surface area contributed by atoms with E-state index in [1.807, 2.05) is 35.0 Å². The molecule has 2 amide bonds. The fourth-order valence-electron chi connectivity index (χ4n) is 3.55. The zero-order valence-electron chi connectivity index (χ0n) is 16.2. The van der Waals surface area contributed by atoms with E-state index in [2.05, 4.69) is 11.9 Å². The van der Waals surface area contributed by atoms with Crippen LogP contribution in [0.5, 0.6) is 0 Å². The number of benzene rings is 2. The summed E-state index contributed by atoms with van der Waals surface area (Å²) < 4.78 is 2.02. The Morgan fingerprint density at radius 3 is 2.70 bits per heavy atom. The number of halogens is 1. The molecule has 150 valence electrons. The van der Waals surface area contributed by atoms with Crippen molar-refractivity contribution in [2.24, 2.45) is 0 Å². The molecule has 2 heterocycles. The Balaban J connectivity index is 1.84. The van der Waals surface area contributed by atoms with Gasteiger partial charge in [-0.15, -0.1) is 6.58 Å². The lowest BCUT2D eigenvalue weighted by Crippen LogP contribution is -2.54. The van der Waals surface area contributed by atoms with E-state index in [9.17, 15) is 9.59 Å². The van der Waals surface area contributed by atoms with E-state index in [0.29, 0.717) is 22.8 Å². The van der Waals surface area contributed by atoms with Gasteiger partial charge < -0.3 is 4.57 Å². The van der Waals surface area contributed by atoms with Gasteiger partial charge in [0, 0.05) is 34.2 Å². The molecule has 1 saturated heterocycles. The predicted molar refractivity (Wildman–Crippen MR) is 125 cm³/mol. The van der Waals surface area contributed by atoms with Gasteiger partial charge in [-0.25, -0.2) is 0 Å². The van der Waals surface area contributed by atoms with Crippen LogP contribution in [0.3, 0.4) is 0 Å². The maximum Gasteiger partial charge on any atom is 0.270 e. The summed E-state index contributed by atoms with van der Waals surface area (Å²) in [5.74, 6) is -1.02. The van der Waals surface area contributed by atoms with Crippen molar-refractivity contribution in [2.45, 2.75) is 13.5 Å². The van der Waals surface area contributed by atoms with Gasteiger partial charge in [-0.3, -0.25) is 19.8 Å². The molecule has 1 aliphatic rings. The zero-order valence-corrected chi connectivity index (χ0v) is 17.8. The largest absolute Gasteiger partial charge is 0.343 e. The monoisotopic (exact) mass is 435 g/mol. The van der Waals surface area contributed by atoms with Crippen LogP contribution < -0.4 is 10.2 Å². The first-order valence-corrected chi connectivity index (χ1v) is 10.1. The fraction of sp³-hybridized carbons (Fsp3) is 0.0870. The molecule has 1 aromatic heterocycles. The maximum absolute atomic E-state index is 13.3. The van der Waals surface area contributed by atoms with Gasteiger partial charge in [0.2, 0.25) is 0 Å². The quantitative estimate of drug-likeness (QED) is 0.281. The Kier molecular flexibility index (Phi) is 5.28. The molecule has 5 nitrogen and oxygen atoms in total. The lowest BCUT2D eigenvalue weighted by molar-refractivity contribution is -0.122. The molecule has 1 aliphatic heterocycles. The molecule has 30 heavy (non-hydrogen) atoms. The van der Waals surface area contributed by atoms with Gasteiger partial charge >= 0.3 is 0 Å². The van der Waals surface area contributed by atoms with Crippen molar-refractivity contribution in [3.63, 3.8) is 0 Å². The van der Waals surface area contributed by atoms with Crippen molar-refractivity contribution < 1.29 is 9.59 Å². The number of hydrogen-bond acceptors (Lipinski definition) is 3. The number of amides is 2. The second kappa shape index (κ2) is 7.89. The van der Waals surface area contributed by atoms with Crippen LogP contribution in [0.4, 0.5) is 5.69 Å². The highest BCUT2D eigenvalue weighted by molar-refractivity contribution is 7.80. The highest BCUT2D eigenvalue weighted by Crippen LogP contribution is 2.30. The third kappa shape index (κ3) is 3.34. The van der Waals surface area contributed by atoms with Crippen molar-refractivity contribution in [1.82, 2.24) is 9.88 Å². The predicted octanol–water partition coefficient (Wildman–Crippen LogP) is 4.62. The Bertz CT molecular complexity index is 1260. The standard InChI is InChI=1S/C23H18ClN3O2S/c1-3-11-26-13-15(16-7-4-5-9-20(16)26)12-17-21(28)25-23(30)27(22(17)29)19-10-6-8-18(24)14(19)2/h3-10,12-13H,1,11H2,2H3,(H,25,28,30)/b17-12-. The molecule has 0 unspecified atom stereocenters. The number of anilines is 1. The topological polar surface area (TPSA) is 54.3 Å². The molecule has 1 fully saturated rings. The van der Waals surface area contributed by atoms with Crippen LogP contribution in [0.2, 0.25) is 5.02 Å². The van der Waals surface area contributed by atoms with Crippen molar-refractivity contribution in [1.29, 1.82) is 0 Å². The fourth-order valence-corrected chi connectivity index (χ4v) is 3.99. The summed E-state index contributed by atoms with van der Waals surface area (Å²) in [7, 11) is 0. The lowest BCUT2D eigenvalue weighted by atomic mass is 10.1. The summed E-state index contributed by atoms with van der Waals surface area (Å²) in [5, 5.41) is 4.10. The van der Waals surface area contributed by atoms with E-state index in [1.54, 1.807) is 37.3 Å². The first kappa shape index (κ1) is 20.1. The number of carbonyl (C=O) groups is 2. The Morgan fingerprint density at radius 1 is 1.17 bits per heavy atom. The summed E-state index contributed by atoms with van der Waals surface area (Å²) >= 11 is 11.5. The lowest BCUT2D eigenvalue weighted by Gasteiger charge is -2.30. The van der Waals surface area contributed by atoms with Crippen LogP contribution in [-0.4, -0.2) is 21.5 Å². The Hall–Kier alpha value is -3.22. The number of allylic oxidation sites excluding steroid dienone is 1. The molecular weight excluding hydrogens is 418 g/mol. The van der Waals surface area contributed by atoms with Crippen LogP contribution >= 0.6 is 23.8 Å². The number of aromatic nitrogens is 1. The van der Waals surface area contributed by atoms with Gasteiger partial charge in [0.05, 0.1) is 5.69 Å². The molecule has 4 rings (SSSR count). The maximum atomic E-state index is 13.3. The van der Waals surface area contributed by atoms with Gasteiger partial charge in [-0.2, -0.15) is 0 Å². The second-order valence-electron chi connectivity index (χ2n) is 6.88. The molecular formula is C23H18ClN3O2S. The number of fused-ring (bicyclic) bond motifs is 1. The van der Waals surface area contributed by atoms with E-state index in [-0.39, 0.29) is 10.7 Å². The number of hydrogen-bond donors (Lipinski definition) is 1. The Morgan fingerprint density at radius 2 is 1.93 bits per heavy atom. The van der Waals surface area contributed by atoms with Gasteiger partial charge in [-0.1, -0.05) is 41.9 Å². The van der Waals surface area contributed by atoms with Crippen molar-refractivity contribution in [3.05, 3.63) is 83.0 Å². The third-order valence-electron chi connectivity index (χ3n) is 5.03. The summed E-state index contributed by atoms with van der Waals surface area (Å²) in [6.45, 7) is 6.21. The van der Waals surface area contributed by atoms with E-state index >= 15 is 0 Å². The number of nitrogens with one attached hydrogen (secondary N) is 1. The average Bonchev–Trinajstić information content (AvgIpc) is 3.06. The molecule has 0 aliphatic carbocycles. The van der Waals surface area contributed by atoms with E-state index in [4.69, 9.17) is 23.8 Å². The number of nitrogens with zero attached hydrogens (tertiary/aromatic N) is 2. The Labute approximate surface area is 184 Å². The van der Waals surface area contributed by atoms with Gasteiger partial charge in [-0.05, 0) is 49.0 Å². The SMILES string of the molecule is C=CCn1cc(/C=C2/C(=O)NC(=S)N(c3cccc(Cl)c3C)C2=O)c2ccccc21. The first-order chi connectivity index (χ1) is 14.4. The number of rotatable bonds is 4. The van der Waals surface area contributed by atoms with Crippen LogP contribution in [0.1, 0.15) is 11.1 Å². The minimum Gasteiger partial charge on any atom is -0.343 e. The minimum atomic E-state index is -0.526. The van der Waals surface area contributed by atoms with Crippen LogP contribution in [-0.2, 0) is 16.1 Å². The van der Waals surface area contributed by atoms with E-state index < -0.39 is 11.8 Å². The van der Waals surface area contributed by atoms with Crippen molar-refractivity contribution >= 4 is 63.4 Å². The molecule has 0 radical (unpaired) electrons. The first-order valence-electron chi connectivity index (χ1n) is 9.27. The number of thiocarbonyl (C=S) groups is 1. The van der Waals surface area contributed by atoms with Crippen molar-refractivity contribution in [3.8, 4) is 0 Å². The second-order valence-corrected chi connectivity index (χ2v) is 7.68. The third-order valence-corrected chi connectivity index (χ3v) is 5.72. The van der Waals surface area contributed by atoms with Gasteiger partial charge in [0.1, 0.15) is 5.57 Å². The smallest absolute Gasteiger partial charge is 0.270 e. The summed E-state index contributed by atoms with van der Waals surface area (Å²) in [5.41, 5.74) is 3.00. The molecule has 7 heteroatoms. The summed E-state index contributed by atoms with van der Waals surface area (Å²) in [6.07, 6.45) is 5.31. The molecule has 0 bridgehead atoms. The minimum absolute atomic E-state index is 0.00415. The van der Waals surface area contributed by atoms with Crippen LogP contribution in [0.15, 0.2) is 66.9 Å². The van der Waals surface area contributed by atoms with Gasteiger partial charge in [0.15, 0.2) is 5.11 Å². The molecule has 0 saturated carbocycles. The zero-order chi connectivity index (χ0) is 21.4. The number of carbonyl (C=O) groups excluding carboxylic acids is 2. The van der Waals surface area contributed by atoms with Crippen LogP contribution in [0, 0.1) is 6.92 Å². The van der Waals surface area contributed by atoms with Gasteiger partial charge in [0.25, 0.3) is 11.8 Å². The molecule has 2 aromatic carbocycles. The van der Waals surface area contributed by atoms with E-state index in [1.165, 1.54) is 4.90 Å². The molecule has 0 spiro atoms. The van der Waals surface area contributed by atoms with Crippen LogP contribution in [0.25, 0.3) is 17.0 Å². The average molecular weight is 436 g/mol. The molecule has 3 aromatic rings. The summed E-state index contributed by atoms with van der Waals surface area (Å²) in [6, 6.07) is 13.0. The number of para-hydroxylation sites is 1. The normalized spacial score (nSPS) is 15.7. The highest BCUT2D eigenvalue weighted by Gasteiger charge is 2.35. The molecule has 0 atom stereocenters. The van der Waals surface area contributed by atoms with E-state index in [0.717, 1.165) is 16.5 Å². The summed E-state index contributed by atoms with van der Waals surface area (Å²) in [4.78, 5) is 27.3. The van der Waals surface area contributed by atoms with Crippen molar-refractivity contribution in [2.75, 3.05) is 4.90 Å².